The Balaban J connectivity index is 1.84. The van der Waals surface area contributed by atoms with Gasteiger partial charge in [0.1, 0.15) is 0 Å². The quantitative estimate of drug-likeness (QED) is 0.849. The van der Waals surface area contributed by atoms with Gasteiger partial charge in [-0.2, -0.15) is 0 Å². The summed E-state index contributed by atoms with van der Waals surface area (Å²) in [5.74, 6) is 1.28. The molecule has 0 bridgehead atoms. The van der Waals surface area contributed by atoms with Gasteiger partial charge in [0.05, 0.1) is 6.04 Å². The van der Waals surface area contributed by atoms with Gasteiger partial charge in [-0.05, 0) is 57.4 Å². The van der Waals surface area contributed by atoms with Crippen LogP contribution in [0, 0.1) is 11.8 Å². The van der Waals surface area contributed by atoms with Gasteiger partial charge >= 0.3 is 0 Å². The predicted molar refractivity (Wildman–Crippen MR) is 91.6 cm³/mol. The van der Waals surface area contributed by atoms with Gasteiger partial charge < -0.3 is 15.5 Å². The number of nitrogens with two attached hydrogens (primary N) is 1. The maximum atomic E-state index is 12.5. The highest BCUT2D eigenvalue weighted by atomic mass is 16.2. The summed E-state index contributed by atoms with van der Waals surface area (Å²) in [5, 5.41) is 0. The SMILES string of the molecule is CC(C)C[C@H](N)C(=O)N1CCCC(CN2CCCCC2C)C1. The first-order chi connectivity index (χ1) is 10.5. The van der Waals surface area contributed by atoms with Crippen molar-refractivity contribution in [3.8, 4) is 0 Å². The summed E-state index contributed by atoms with van der Waals surface area (Å²) in [5.41, 5.74) is 6.10. The van der Waals surface area contributed by atoms with Crippen LogP contribution in [0.4, 0.5) is 0 Å². The molecule has 22 heavy (non-hydrogen) atoms. The van der Waals surface area contributed by atoms with E-state index in [1.54, 1.807) is 0 Å². The van der Waals surface area contributed by atoms with Gasteiger partial charge in [-0.1, -0.05) is 20.3 Å². The topological polar surface area (TPSA) is 49.6 Å². The Morgan fingerprint density at radius 1 is 1.18 bits per heavy atom. The Bertz CT molecular complexity index is 358. The van der Waals surface area contributed by atoms with Crippen molar-refractivity contribution >= 4 is 5.91 Å². The maximum absolute atomic E-state index is 12.5. The molecule has 0 radical (unpaired) electrons. The first-order valence-electron chi connectivity index (χ1n) is 9.25. The van der Waals surface area contributed by atoms with Gasteiger partial charge in [-0.3, -0.25) is 4.79 Å². The van der Waals surface area contributed by atoms with Crippen molar-refractivity contribution in [2.45, 2.75) is 71.4 Å². The highest BCUT2D eigenvalue weighted by molar-refractivity contribution is 5.81. The van der Waals surface area contributed by atoms with E-state index in [1.807, 2.05) is 4.90 Å². The second-order valence-electron chi connectivity index (χ2n) is 7.87. The van der Waals surface area contributed by atoms with E-state index in [1.165, 1.54) is 32.2 Å². The van der Waals surface area contributed by atoms with Gasteiger partial charge in [0.25, 0.3) is 0 Å². The number of piperidine rings is 2. The van der Waals surface area contributed by atoms with E-state index in [2.05, 4.69) is 25.7 Å². The molecule has 2 heterocycles. The molecule has 1 amide bonds. The van der Waals surface area contributed by atoms with Crippen LogP contribution in [0.3, 0.4) is 0 Å². The summed E-state index contributed by atoms with van der Waals surface area (Å²) in [4.78, 5) is 17.2. The molecule has 2 unspecified atom stereocenters. The molecule has 2 saturated heterocycles. The second kappa shape index (κ2) is 8.30. The fraction of sp³-hybridized carbons (Fsp3) is 0.944. The molecule has 0 aromatic rings. The third-order valence-electron chi connectivity index (χ3n) is 5.31. The fourth-order valence-electron chi connectivity index (χ4n) is 4.02. The molecule has 2 N–H and O–H groups in total. The lowest BCUT2D eigenvalue weighted by Crippen LogP contribution is -2.51. The minimum atomic E-state index is -0.312. The number of hydrogen-bond donors (Lipinski definition) is 1. The van der Waals surface area contributed by atoms with E-state index in [-0.39, 0.29) is 11.9 Å². The lowest BCUT2D eigenvalue weighted by molar-refractivity contribution is -0.135. The lowest BCUT2D eigenvalue weighted by atomic mass is 9.94. The molecule has 0 aromatic heterocycles. The van der Waals surface area contributed by atoms with Gasteiger partial charge in [-0.15, -0.1) is 0 Å². The first-order valence-corrected chi connectivity index (χ1v) is 9.25. The molecule has 4 nitrogen and oxygen atoms in total. The fourth-order valence-corrected chi connectivity index (χ4v) is 4.02. The van der Waals surface area contributed by atoms with Crippen molar-refractivity contribution < 1.29 is 4.79 Å². The Labute approximate surface area is 136 Å². The summed E-state index contributed by atoms with van der Waals surface area (Å²) in [6.45, 7) is 10.8. The maximum Gasteiger partial charge on any atom is 0.239 e. The highest BCUT2D eigenvalue weighted by Crippen LogP contribution is 2.23. The van der Waals surface area contributed by atoms with E-state index < -0.39 is 0 Å². The highest BCUT2D eigenvalue weighted by Gasteiger charge is 2.29. The van der Waals surface area contributed by atoms with E-state index in [9.17, 15) is 4.79 Å². The molecule has 2 rings (SSSR count). The predicted octanol–water partition coefficient (Wildman–Crippen LogP) is 2.47. The van der Waals surface area contributed by atoms with Gasteiger partial charge in [-0.25, -0.2) is 0 Å². The molecule has 128 valence electrons. The average Bonchev–Trinajstić information content (AvgIpc) is 2.48. The van der Waals surface area contributed by atoms with E-state index >= 15 is 0 Å². The summed E-state index contributed by atoms with van der Waals surface area (Å²) in [7, 11) is 0. The van der Waals surface area contributed by atoms with Crippen LogP contribution < -0.4 is 5.73 Å². The molecule has 0 spiro atoms. The molecular weight excluding hydrogens is 274 g/mol. The number of rotatable bonds is 5. The Hall–Kier alpha value is -0.610. The van der Waals surface area contributed by atoms with Crippen molar-refractivity contribution in [1.82, 2.24) is 9.80 Å². The third-order valence-corrected chi connectivity index (χ3v) is 5.31. The minimum absolute atomic E-state index is 0.171. The van der Waals surface area contributed by atoms with Crippen LogP contribution in [0.5, 0.6) is 0 Å². The Kier molecular flexibility index (Phi) is 6.69. The third kappa shape index (κ3) is 4.95. The normalized spacial score (nSPS) is 28.9. The molecule has 0 saturated carbocycles. The lowest BCUT2D eigenvalue weighted by Gasteiger charge is -2.40. The zero-order valence-corrected chi connectivity index (χ0v) is 14.8. The van der Waals surface area contributed by atoms with Crippen molar-refractivity contribution in [2.75, 3.05) is 26.2 Å². The van der Waals surface area contributed by atoms with Crippen molar-refractivity contribution in [2.24, 2.45) is 17.6 Å². The van der Waals surface area contributed by atoms with Crippen LogP contribution in [0.1, 0.15) is 59.3 Å². The van der Waals surface area contributed by atoms with Crippen LogP contribution in [0.15, 0.2) is 0 Å². The number of carbonyl (C=O) groups is 1. The monoisotopic (exact) mass is 309 g/mol. The van der Waals surface area contributed by atoms with E-state index in [0.717, 1.165) is 32.5 Å². The number of carbonyl (C=O) groups excluding carboxylic acids is 1. The van der Waals surface area contributed by atoms with Gasteiger partial charge in [0, 0.05) is 25.7 Å². The molecule has 3 atom stereocenters. The first kappa shape index (κ1) is 17.7. The van der Waals surface area contributed by atoms with Crippen LogP contribution >= 0.6 is 0 Å². The molecule has 2 fully saturated rings. The van der Waals surface area contributed by atoms with Gasteiger partial charge in [0.2, 0.25) is 5.91 Å². The molecule has 2 aliphatic heterocycles. The standard InChI is InChI=1S/C18H35N3O/c1-14(2)11-17(19)18(22)21-10-6-8-16(13-21)12-20-9-5-4-7-15(20)3/h14-17H,4-13,19H2,1-3H3/t15?,16?,17-/m0/s1. The summed E-state index contributed by atoms with van der Waals surface area (Å²) in [6.07, 6.45) is 7.22. The molecule has 0 aromatic carbocycles. The Morgan fingerprint density at radius 3 is 2.64 bits per heavy atom. The minimum Gasteiger partial charge on any atom is -0.341 e. The molecule has 4 heteroatoms. The van der Waals surface area contributed by atoms with Crippen molar-refractivity contribution in [3.63, 3.8) is 0 Å². The summed E-state index contributed by atoms with van der Waals surface area (Å²) in [6, 6.07) is 0.399. The smallest absolute Gasteiger partial charge is 0.239 e. The summed E-state index contributed by atoms with van der Waals surface area (Å²) >= 11 is 0. The van der Waals surface area contributed by atoms with E-state index in [0.29, 0.717) is 17.9 Å². The Morgan fingerprint density at radius 2 is 1.95 bits per heavy atom. The largest absolute Gasteiger partial charge is 0.341 e. The molecular formula is C18H35N3O. The zero-order chi connectivity index (χ0) is 16.1. The van der Waals surface area contributed by atoms with Crippen LogP contribution in [0.25, 0.3) is 0 Å². The van der Waals surface area contributed by atoms with Gasteiger partial charge in [0.15, 0.2) is 0 Å². The van der Waals surface area contributed by atoms with Crippen molar-refractivity contribution in [1.29, 1.82) is 0 Å². The molecule has 2 aliphatic rings. The number of hydrogen-bond acceptors (Lipinski definition) is 3. The number of likely N-dealkylation sites (tertiary alicyclic amines) is 2. The second-order valence-corrected chi connectivity index (χ2v) is 7.87. The molecule has 0 aliphatic carbocycles. The van der Waals surface area contributed by atoms with E-state index in [4.69, 9.17) is 5.73 Å². The summed E-state index contributed by atoms with van der Waals surface area (Å²) < 4.78 is 0. The van der Waals surface area contributed by atoms with Crippen LogP contribution in [-0.4, -0.2) is 54.0 Å². The zero-order valence-electron chi connectivity index (χ0n) is 14.8. The van der Waals surface area contributed by atoms with Crippen molar-refractivity contribution in [3.05, 3.63) is 0 Å². The number of amides is 1. The number of nitrogens with zero attached hydrogens (tertiary/aromatic N) is 2. The van der Waals surface area contributed by atoms with Crippen LogP contribution in [-0.2, 0) is 4.79 Å². The average molecular weight is 309 g/mol. The van der Waals surface area contributed by atoms with Crippen LogP contribution in [0.2, 0.25) is 0 Å².